The van der Waals surface area contributed by atoms with Crippen molar-refractivity contribution in [1.82, 2.24) is 0 Å². The molecule has 15 heavy (non-hydrogen) atoms. The molecule has 0 aliphatic carbocycles. The maximum atomic E-state index is 13.7. The third kappa shape index (κ3) is 2.18. The number of nitrogens with zero attached hydrogens (tertiary/aromatic N) is 1. The number of thiol groups is 1. The van der Waals surface area contributed by atoms with Crippen molar-refractivity contribution < 1.29 is 9.13 Å². The molecule has 0 saturated carbocycles. The van der Waals surface area contributed by atoms with Gasteiger partial charge in [-0.15, -0.1) is 12.6 Å². The highest BCUT2D eigenvalue weighted by Gasteiger charge is 2.29. The number of halogens is 1. The first kappa shape index (κ1) is 10.6. The number of anilines is 2. The van der Waals surface area contributed by atoms with Crippen LogP contribution in [0.15, 0.2) is 24.3 Å². The summed E-state index contributed by atoms with van der Waals surface area (Å²) >= 11 is 4.02. The molecule has 2 rings (SSSR count). The molecule has 1 heterocycles. The van der Waals surface area contributed by atoms with Gasteiger partial charge in [0.2, 0.25) is 6.30 Å². The van der Waals surface area contributed by atoms with Gasteiger partial charge in [-0.25, -0.2) is 4.39 Å². The second kappa shape index (κ2) is 4.28. The highest BCUT2D eigenvalue weighted by molar-refractivity contribution is 7.80. The zero-order valence-corrected chi connectivity index (χ0v) is 9.03. The SMILES string of the molecule is Nc1ccc(N2CCOC(S)C2F)cc1. The first-order chi connectivity index (χ1) is 7.18. The minimum Gasteiger partial charge on any atom is -0.399 e. The van der Waals surface area contributed by atoms with Crippen LogP contribution in [-0.2, 0) is 4.74 Å². The van der Waals surface area contributed by atoms with Crippen molar-refractivity contribution in [2.24, 2.45) is 0 Å². The molecule has 1 aromatic rings. The van der Waals surface area contributed by atoms with Gasteiger partial charge in [-0.2, -0.15) is 0 Å². The lowest BCUT2D eigenvalue weighted by atomic mass is 10.2. The molecule has 0 bridgehead atoms. The molecule has 0 radical (unpaired) electrons. The van der Waals surface area contributed by atoms with Crippen LogP contribution in [0.5, 0.6) is 0 Å². The fourth-order valence-electron chi connectivity index (χ4n) is 1.57. The fourth-order valence-corrected chi connectivity index (χ4v) is 1.83. The zero-order chi connectivity index (χ0) is 10.8. The van der Waals surface area contributed by atoms with E-state index in [-0.39, 0.29) is 0 Å². The Balaban J connectivity index is 2.18. The van der Waals surface area contributed by atoms with Crippen molar-refractivity contribution in [2.45, 2.75) is 11.7 Å². The molecule has 3 nitrogen and oxygen atoms in total. The molecule has 1 saturated heterocycles. The molecule has 1 fully saturated rings. The number of hydrogen-bond acceptors (Lipinski definition) is 4. The second-order valence-electron chi connectivity index (χ2n) is 3.42. The predicted octanol–water partition coefficient (Wildman–Crippen LogP) is 1.66. The summed E-state index contributed by atoms with van der Waals surface area (Å²) in [5.41, 5.74) is 6.36. The van der Waals surface area contributed by atoms with Crippen LogP contribution in [0.3, 0.4) is 0 Å². The number of hydrogen-bond donors (Lipinski definition) is 2. The largest absolute Gasteiger partial charge is 0.399 e. The van der Waals surface area contributed by atoms with Crippen molar-refractivity contribution in [3.63, 3.8) is 0 Å². The van der Waals surface area contributed by atoms with Crippen LogP contribution < -0.4 is 10.6 Å². The molecule has 1 aliphatic rings. The van der Waals surface area contributed by atoms with E-state index in [1.807, 2.05) is 0 Å². The summed E-state index contributed by atoms with van der Waals surface area (Å²) in [5.74, 6) is 0. The van der Waals surface area contributed by atoms with Gasteiger partial charge in [-0.05, 0) is 24.3 Å². The smallest absolute Gasteiger partial charge is 0.208 e. The number of ether oxygens (including phenoxy) is 1. The summed E-state index contributed by atoms with van der Waals surface area (Å²) in [7, 11) is 0. The molecule has 0 aromatic heterocycles. The third-order valence-electron chi connectivity index (χ3n) is 2.38. The summed E-state index contributed by atoms with van der Waals surface area (Å²) in [5, 5.41) is 0. The maximum Gasteiger partial charge on any atom is 0.208 e. The number of alkyl halides is 1. The van der Waals surface area contributed by atoms with E-state index in [2.05, 4.69) is 12.6 Å². The number of nitrogens with two attached hydrogens (primary N) is 1. The molecule has 0 amide bonds. The average Bonchev–Trinajstić information content (AvgIpc) is 2.24. The van der Waals surface area contributed by atoms with Crippen molar-refractivity contribution in [2.75, 3.05) is 23.8 Å². The molecule has 1 aliphatic heterocycles. The normalized spacial score (nSPS) is 26.7. The van der Waals surface area contributed by atoms with Crippen LogP contribution in [-0.4, -0.2) is 24.9 Å². The van der Waals surface area contributed by atoms with Gasteiger partial charge < -0.3 is 15.4 Å². The second-order valence-corrected chi connectivity index (χ2v) is 3.93. The molecule has 2 unspecified atom stereocenters. The summed E-state index contributed by atoms with van der Waals surface area (Å²) in [6.45, 7) is 1.01. The van der Waals surface area contributed by atoms with Crippen LogP contribution in [0.1, 0.15) is 0 Å². The Labute approximate surface area is 93.4 Å². The van der Waals surface area contributed by atoms with Crippen LogP contribution >= 0.6 is 12.6 Å². The monoisotopic (exact) mass is 228 g/mol. The Morgan fingerprint density at radius 3 is 2.73 bits per heavy atom. The lowest BCUT2D eigenvalue weighted by molar-refractivity contribution is 0.0271. The van der Waals surface area contributed by atoms with Crippen LogP contribution in [0, 0.1) is 0 Å². The van der Waals surface area contributed by atoms with Gasteiger partial charge in [0.25, 0.3) is 0 Å². The maximum absolute atomic E-state index is 13.7. The van der Waals surface area contributed by atoms with Crippen molar-refractivity contribution >= 4 is 24.0 Å². The Hall–Kier alpha value is -0.940. The van der Waals surface area contributed by atoms with Crippen LogP contribution in [0.25, 0.3) is 0 Å². The van der Waals surface area contributed by atoms with Crippen LogP contribution in [0.4, 0.5) is 15.8 Å². The number of rotatable bonds is 1. The summed E-state index contributed by atoms with van der Waals surface area (Å²) < 4.78 is 18.8. The quantitative estimate of drug-likeness (QED) is 0.436. The molecular weight excluding hydrogens is 215 g/mol. The van der Waals surface area contributed by atoms with Gasteiger partial charge in [0.05, 0.1) is 6.61 Å². The molecular formula is C10H13FN2OS. The fraction of sp³-hybridized carbons (Fsp3) is 0.400. The number of morpholine rings is 1. The molecule has 1 aromatic carbocycles. The van der Waals surface area contributed by atoms with Gasteiger partial charge in [-0.1, -0.05) is 0 Å². The molecule has 2 atom stereocenters. The first-order valence-electron chi connectivity index (χ1n) is 4.74. The third-order valence-corrected chi connectivity index (χ3v) is 2.77. The van der Waals surface area contributed by atoms with E-state index in [0.29, 0.717) is 18.8 Å². The lowest BCUT2D eigenvalue weighted by Crippen LogP contribution is -2.46. The van der Waals surface area contributed by atoms with Crippen molar-refractivity contribution in [1.29, 1.82) is 0 Å². The topological polar surface area (TPSA) is 38.5 Å². The Morgan fingerprint density at radius 2 is 2.07 bits per heavy atom. The van der Waals surface area contributed by atoms with Gasteiger partial charge in [0.15, 0.2) is 0 Å². The van der Waals surface area contributed by atoms with E-state index in [0.717, 1.165) is 5.69 Å². The Morgan fingerprint density at radius 1 is 1.40 bits per heavy atom. The minimum atomic E-state index is -1.22. The zero-order valence-electron chi connectivity index (χ0n) is 8.14. The van der Waals surface area contributed by atoms with E-state index in [1.54, 1.807) is 29.2 Å². The van der Waals surface area contributed by atoms with Gasteiger partial charge in [-0.3, -0.25) is 0 Å². The summed E-state index contributed by atoms with van der Waals surface area (Å²) in [4.78, 5) is 1.63. The highest BCUT2D eigenvalue weighted by Crippen LogP contribution is 2.25. The summed E-state index contributed by atoms with van der Waals surface area (Å²) in [6.07, 6.45) is -1.22. The number of benzene rings is 1. The van der Waals surface area contributed by atoms with Crippen molar-refractivity contribution in [3.05, 3.63) is 24.3 Å². The molecule has 2 N–H and O–H groups in total. The van der Waals surface area contributed by atoms with Crippen LogP contribution in [0.2, 0.25) is 0 Å². The average molecular weight is 228 g/mol. The van der Waals surface area contributed by atoms with Gasteiger partial charge >= 0.3 is 0 Å². The van der Waals surface area contributed by atoms with E-state index >= 15 is 0 Å². The molecule has 82 valence electrons. The molecule has 0 spiro atoms. The van der Waals surface area contributed by atoms with Crippen molar-refractivity contribution in [3.8, 4) is 0 Å². The van der Waals surface area contributed by atoms with E-state index < -0.39 is 11.7 Å². The van der Waals surface area contributed by atoms with Gasteiger partial charge in [0.1, 0.15) is 5.44 Å². The highest BCUT2D eigenvalue weighted by atomic mass is 32.1. The molecule has 5 heteroatoms. The Bertz CT molecular complexity index is 333. The standard InChI is InChI=1S/C10H13FN2OS/c11-9-10(15)14-6-5-13(9)8-3-1-7(12)2-4-8/h1-4,9-10,15H,5-6,12H2. The van der Waals surface area contributed by atoms with E-state index in [9.17, 15) is 4.39 Å². The Kier molecular flexibility index (Phi) is 3.02. The number of nitrogen functional groups attached to an aromatic ring is 1. The van der Waals surface area contributed by atoms with E-state index in [1.165, 1.54) is 0 Å². The van der Waals surface area contributed by atoms with Gasteiger partial charge in [0, 0.05) is 17.9 Å². The lowest BCUT2D eigenvalue weighted by Gasteiger charge is -2.35. The van der Waals surface area contributed by atoms with E-state index in [4.69, 9.17) is 10.5 Å². The first-order valence-corrected chi connectivity index (χ1v) is 5.26. The summed E-state index contributed by atoms with van der Waals surface area (Å²) in [6, 6.07) is 7.11. The predicted molar refractivity (Wildman–Crippen MR) is 61.8 cm³/mol. The minimum absolute atomic E-state index is 0.485.